The smallest absolute Gasteiger partial charge is 0.0624 e. The molecule has 0 aliphatic heterocycles. The number of aliphatic hydroxyl groups excluding tert-OH is 1. The van der Waals surface area contributed by atoms with Gasteiger partial charge in [0.2, 0.25) is 0 Å². The topological polar surface area (TPSA) is 38.0 Å². The molecule has 3 heteroatoms. The molecule has 78 valence electrons. The van der Waals surface area contributed by atoms with E-state index in [-0.39, 0.29) is 6.10 Å². The Labute approximate surface area is 84.7 Å². The van der Waals surface area contributed by atoms with Crippen molar-refractivity contribution in [3.63, 3.8) is 0 Å². The first kappa shape index (κ1) is 9.71. The quantitative estimate of drug-likeness (QED) is 0.771. The highest BCUT2D eigenvalue weighted by atomic mass is 16.3. The highest BCUT2D eigenvalue weighted by Gasteiger charge is 2.28. The van der Waals surface area contributed by atoms with E-state index in [2.05, 4.69) is 5.10 Å². The standard InChI is InChI=1S/C11H18N2O/c1-13-8-7-10(12-13)3-2-4-11(14)9-5-6-9/h7-9,11,14H,2-6H2,1H3. The molecular formula is C11H18N2O. The number of hydrogen-bond donors (Lipinski definition) is 1. The van der Waals surface area contributed by atoms with E-state index in [9.17, 15) is 5.11 Å². The van der Waals surface area contributed by atoms with Crippen LogP contribution in [-0.4, -0.2) is 21.0 Å². The molecule has 1 saturated carbocycles. The molecule has 0 saturated heterocycles. The lowest BCUT2D eigenvalue weighted by Gasteiger charge is -2.07. The highest BCUT2D eigenvalue weighted by Crippen LogP contribution is 2.34. The van der Waals surface area contributed by atoms with Gasteiger partial charge in [0.1, 0.15) is 0 Å². The molecule has 14 heavy (non-hydrogen) atoms. The van der Waals surface area contributed by atoms with Gasteiger partial charge < -0.3 is 5.11 Å². The van der Waals surface area contributed by atoms with Gasteiger partial charge >= 0.3 is 0 Å². The summed E-state index contributed by atoms with van der Waals surface area (Å²) in [6.45, 7) is 0. The van der Waals surface area contributed by atoms with Crippen molar-refractivity contribution in [2.24, 2.45) is 13.0 Å². The van der Waals surface area contributed by atoms with Gasteiger partial charge in [-0.05, 0) is 44.1 Å². The first-order valence-corrected chi connectivity index (χ1v) is 5.42. The van der Waals surface area contributed by atoms with Crippen molar-refractivity contribution in [2.75, 3.05) is 0 Å². The molecule has 1 aliphatic carbocycles. The fourth-order valence-corrected chi connectivity index (χ4v) is 1.81. The molecule has 3 nitrogen and oxygen atoms in total. The predicted molar refractivity (Wildman–Crippen MR) is 54.9 cm³/mol. The molecule has 2 rings (SSSR count). The Morgan fingerprint density at radius 2 is 2.43 bits per heavy atom. The zero-order chi connectivity index (χ0) is 9.97. The summed E-state index contributed by atoms with van der Waals surface area (Å²) in [5.41, 5.74) is 1.13. The Kier molecular flexibility index (Phi) is 2.87. The van der Waals surface area contributed by atoms with Crippen molar-refractivity contribution >= 4 is 0 Å². The Hall–Kier alpha value is -0.830. The third-order valence-electron chi connectivity index (χ3n) is 2.87. The van der Waals surface area contributed by atoms with Gasteiger partial charge in [0.25, 0.3) is 0 Å². The predicted octanol–water partition coefficient (Wildman–Crippen LogP) is 1.51. The SMILES string of the molecule is Cn1ccc(CCCC(O)C2CC2)n1. The second kappa shape index (κ2) is 4.13. The third kappa shape index (κ3) is 2.58. The maximum Gasteiger partial charge on any atom is 0.0624 e. The van der Waals surface area contributed by atoms with Gasteiger partial charge in [0.05, 0.1) is 11.8 Å². The molecule has 1 aromatic rings. The van der Waals surface area contributed by atoms with E-state index in [1.807, 2.05) is 24.0 Å². The highest BCUT2D eigenvalue weighted by molar-refractivity contribution is 4.98. The van der Waals surface area contributed by atoms with Crippen molar-refractivity contribution in [1.82, 2.24) is 9.78 Å². The zero-order valence-corrected chi connectivity index (χ0v) is 8.69. The minimum absolute atomic E-state index is 0.0567. The summed E-state index contributed by atoms with van der Waals surface area (Å²) >= 11 is 0. The van der Waals surface area contributed by atoms with Crippen LogP contribution in [0.1, 0.15) is 31.4 Å². The fraction of sp³-hybridized carbons (Fsp3) is 0.727. The molecule has 1 unspecified atom stereocenters. The molecule has 1 aromatic heterocycles. The second-order valence-electron chi connectivity index (χ2n) is 4.28. The summed E-state index contributed by atoms with van der Waals surface area (Å²) in [5.74, 6) is 0.610. The van der Waals surface area contributed by atoms with E-state index in [0.717, 1.165) is 25.0 Å². The Morgan fingerprint density at radius 3 is 3.00 bits per heavy atom. The lowest BCUT2D eigenvalue weighted by Crippen LogP contribution is -2.09. The average molecular weight is 194 g/mol. The number of nitrogens with zero attached hydrogens (tertiary/aromatic N) is 2. The number of aliphatic hydroxyl groups is 1. The van der Waals surface area contributed by atoms with Crippen LogP contribution in [0.3, 0.4) is 0 Å². The van der Waals surface area contributed by atoms with Crippen LogP contribution in [0.5, 0.6) is 0 Å². The van der Waals surface area contributed by atoms with E-state index < -0.39 is 0 Å². The molecular weight excluding hydrogens is 176 g/mol. The summed E-state index contributed by atoms with van der Waals surface area (Å²) in [4.78, 5) is 0. The first-order valence-electron chi connectivity index (χ1n) is 5.42. The molecule has 0 spiro atoms. The van der Waals surface area contributed by atoms with E-state index in [4.69, 9.17) is 0 Å². The lowest BCUT2D eigenvalue weighted by atomic mass is 10.1. The Morgan fingerprint density at radius 1 is 1.64 bits per heavy atom. The van der Waals surface area contributed by atoms with Crippen molar-refractivity contribution < 1.29 is 5.11 Å². The van der Waals surface area contributed by atoms with Gasteiger partial charge in [-0.15, -0.1) is 0 Å². The number of aromatic nitrogens is 2. The molecule has 0 aromatic carbocycles. The average Bonchev–Trinajstić information content (AvgIpc) is 2.92. The molecule has 0 bridgehead atoms. The fourth-order valence-electron chi connectivity index (χ4n) is 1.81. The molecule has 1 N–H and O–H groups in total. The van der Waals surface area contributed by atoms with Crippen LogP contribution < -0.4 is 0 Å². The first-order chi connectivity index (χ1) is 6.75. The maximum atomic E-state index is 9.65. The molecule has 1 fully saturated rings. The van der Waals surface area contributed by atoms with E-state index in [1.165, 1.54) is 12.8 Å². The summed E-state index contributed by atoms with van der Waals surface area (Å²) in [7, 11) is 1.93. The van der Waals surface area contributed by atoms with Crippen LogP contribution in [0, 0.1) is 5.92 Å². The van der Waals surface area contributed by atoms with Gasteiger partial charge in [-0.2, -0.15) is 5.10 Å². The van der Waals surface area contributed by atoms with E-state index >= 15 is 0 Å². The lowest BCUT2D eigenvalue weighted by molar-refractivity contribution is 0.139. The number of rotatable bonds is 5. The minimum Gasteiger partial charge on any atom is -0.393 e. The summed E-state index contributed by atoms with van der Waals surface area (Å²) in [5, 5.41) is 13.9. The van der Waals surface area contributed by atoms with Gasteiger partial charge in [0, 0.05) is 13.2 Å². The second-order valence-corrected chi connectivity index (χ2v) is 4.28. The maximum absolute atomic E-state index is 9.65. The van der Waals surface area contributed by atoms with Crippen LogP contribution >= 0.6 is 0 Å². The van der Waals surface area contributed by atoms with Gasteiger partial charge in [-0.1, -0.05) is 0 Å². The molecule has 0 amide bonds. The van der Waals surface area contributed by atoms with Gasteiger partial charge in [-0.3, -0.25) is 4.68 Å². The van der Waals surface area contributed by atoms with Gasteiger partial charge in [0.15, 0.2) is 0 Å². The summed E-state index contributed by atoms with van der Waals surface area (Å²) in [6.07, 6.45) is 7.33. The van der Waals surface area contributed by atoms with E-state index in [0.29, 0.717) is 5.92 Å². The van der Waals surface area contributed by atoms with Crippen LogP contribution in [0.15, 0.2) is 12.3 Å². The summed E-state index contributed by atoms with van der Waals surface area (Å²) in [6, 6.07) is 2.05. The van der Waals surface area contributed by atoms with E-state index in [1.54, 1.807) is 0 Å². The molecule has 0 radical (unpaired) electrons. The van der Waals surface area contributed by atoms with Crippen molar-refractivity contribution in [2.45, 2.75) is 38.2 Å². The Balaban J connectivity index is 1.67. The van der Waals surface area contributed by atoms with Crippen LogP contribution in [-0.2, 0) is 13.5 Å². The normalized spacial score (nSPS) is 18.4. The van der Waals surface area contributed by atoms with Crippen LogP contribution in [0.2, 0.25) is 0 Å². The summed E-state index contributed by atoms with van der Waals surface area (Å²) < 4.78 is 1.83. The molecule has 1 aliphatic rings. The van der Waals surface area contributed by atoms with Crippen molar-refractivity contribution in [3.8, 4) is 0 Å². The van der Waals surface area contributed by atoms with Crippen LogP contribution in [0.25, 0.3) is 0 Å². The van der Waals surface area contributed by atoms with Crippen molar-refractivity contribution in [3.05, 3.63) is 18.0 Å². The number of aryl methyl sites for hydroxylation is 2. The third-order valence-corrected chi connectivity index (χ3v) is 2.87. The largest absolute Gasteiger partial charge is 0.393 e. The monoisotopic (exact) mass is 194 g/mol. The van der Waals surface area contributed by atoms with Crippen molar-refractivity contribution in [1.29, 1.82) is 0 Å². The molecule has 1 atom stereocenters. The number of hydrogen-bond acceptors (Lipinski definition) is 2. The Bertz CT molecular complexity index is 291. The molecule has 1 heterocycles. The van der Waals surface area contributed by atoms with Gasteiger partial charge in [-0.25, -0.2) is 0 Å². The zero-order valence-electron chi connectivity index (χ0n) is 8.69. The minimum atomic E-state index is -0.0567. The van der Waals surface area contributed by atoms with Crippen LogP contribution in [0.4, 0.5) is 0 Å².